The Kier molecular flexibility index (Phi) is 3.42. The summed E-state index contributed by atoms with van der Waals surface area (Å²) >= 11 is 0. The lowest BCUT2D eigenvalue weighted by Gasteiger charge is -2.21. The summed E-state index contributed by atoms with van der Waals surface area (Å²) in [5, 5.41) is 0. The number of hydrogen-bond donors (Lipinski definition) is 1. The molecule has 2 N–H and O–H groups in total. The zero-order valence-electron chi connectivity index (χ0n) is 7.79. The molecule has 0 aromatic carbocycles. The molecule has 0 aromatic heterocycles. The smallest absolute Gasteiger partial charge is 0.323 e. The number of nitrogens with two attached hydrogens (primary N) is 1. The lowest BCUT2D eigenvalue weighted by Crippen LogP contribution is -2.36. The summed E-state index contributed by atoms with van der Waals surface area (Å²) in [7, 11) is 0. The first-order valence-electron chi connectivity index (χ1n) is 4.60. The molecule has 74 valence electrons. The van der Waals surface area contributed by atoms with Crippen molar-refractivity contribution in [3.63, 3.8) is 0 Å². The Bertz CT molecular complexity index is 213. The third-order valence-electron chi connectivity index (χ3n) is 2.13. The van der Waals surface area contributed by atoms with Gasteiger partial charge in [-0.05, 0) is 26.2 Å². The van der Waals surface area contributed by atoms with E-state index < -0.39 is 18.1 Å². The molecular formula is C9H15NO3. The number of carbonyl (C=O) groups is 2. The van der Waals surface area contributed by atoms with Crippen molar-refractivity contribution in [1.29, 1.82) is 0 Å². The highest BCUT2D eigenvalue weighted by atomic mass is 16.5. The quantitative estimate of drug-likeness (QED) is 0.632. The normalized spacial score (nSPS) is 25.4. The summed E-state index contributed by atoms with van der Waals surface area (Å²) in [5.41, 5.74) is 5.31. The maximum Gasteiger partial charge on any atom is 0.323 e. The Morgan fingerprint density at radius 2 is 2.31 bits per heavy atom. The van der Waals surface area contributed by atoms with Crippen molar-refractivity contribution in [2.75, 3.05) is 0 Å². The van der Waals surface area contributed by atoms with E-state index in [1.165, 1.54) is 0 Å². The van der Waals surface area contributed by atoms with Crippen LogP contribution in [0.5, 0.6) is 0 Å². The maximum atomic E-state index is 11.2. The lowest BCUT2D eigenvalue weighted by molar-refractivity contribution is -0.157. The van der Waals surface area contributed by atoms with Crippen LogP contribution in [-0.4, -0.2) is 23.9 Å². The van der Waals surface area contributed by atoms with Crippen LogP contribution in [0.3, 0.4) is 0 Å². The van der Waals surface area contributed by atoms with Gasteiger partial charge in [0.05, 0.1) is 0 Å². The molecule has 0 heterocycles. The fourth-order valence-corrected chi connectivity index (χ4v) is 1.32. The van der Waals surface area contributed by atoms with Gasteiger partial charge in [0.15, 0.2) is 11.9 Å². The summed E-state index contributed by atoms with van der Waals surface area (Å²) in [4.78, 5) is 22.3. The molecule has 4 nitrogen and oxygen atoms in total. The molecule has 0 saturated heterocycles. The standard InChI is InChI=1S/C9H15NO3/c1-6(10)9(12)13-8-5-3-2-4-7(8)11/h6,8H,2-5,10H2,1H3/t6-,8?/m0/s1. The Labute approximate surface area is 77.4 Å². The molecule has 0 aromatic rings. The molecule has 0 aliphatic heterocycles. The lowest BCUT2D eigenvalue weighted by atomic mass is 9.96. The van der Waals surface area contributed by atoms with E-state index in [0.717, 1.165) is 12.8 Å². The van der Waals surface area contributed by atoms with Crippen molar-refractivity contribution in [2.45, 2.75) is 44.8 Å². The Morgan fingerprint density at radius 3 is 2.85 bits per heavy atom. The third-order valence-corrected chi connectivity index (χ3v) is 2.13. The minimum atomic E-state index is -0.644. The van der Waals surface area contributed by atoms with E-state index in [1.807, 2.05) is 0 Å². The first-order valence-corrected chi connectivity index (χ1v) is 4.60. The van der Waals surface area contributed by atoms with Crippen LogP contribution >= 0.6 is 0 Å². The molecule has 0 radical (unpaired) electrons. The number of esters is 1. The number of ether oxygens (including phenoxy) is 1. The van der Waals surface area contributed by atoms with Crippen LogP contribution < -0.4 is 5.73 Å². The summed E-state index contributed by atoms with van der Waals surface area (Å²) in [6.07, 6.45) is 2.49. The molecule has 0 amide bonds. The van der Waals surface area contributed by atoms with Gasteiger partial charge < -0.3 is 10.5 Å². The SMILES string of the molecule is C[C@H](N)C(=O)OC1CCCCC1=O. The Balaban J connectivity index is 2.43. The average Bonchev–Trinajstić information content (AvgIpc) is 2.08. The minimum Gasteiger partial charge on any atom is -0.453 e. The highest BCUT2D eigenvalue weighted by molar-refractivity contribution is 5.87. The fraction of sp³-hybridized carbons (Fsp3) is 0.778. The maximum absolute atomic E-state index is 11.2. The number of ketones is 1. The van der Waals surface area contributed by atoms with Crippen molar-refractivity contribution < 1.29 is 14.3 Å². The predicted octanol–water partition coefficient (Wildman–Crippen LogP) is 0.388. The van der Waals surface area contributed by atoms with E-state index >= 15 is 0 Å². The van der Waals surface area contributed by atoms with Crippen LogP contribution in [0.15, 0.2) is 0 Å². The van der Waals surface area contributed by atoms with Gasteiger partial charge in [-0.25, -0.2) is 0 Å². The zero-order valence-corrected chi connectivity index (χ0v) is 7.79. The molecule has 1 aliphatic carbocycles. The van der Waals surface area contributed by atoms with Gasteiger partial charge in [0.1, 0.15) is 6.04 Å². The Hall–Kier alpha value is -0.900. The van der Waals surface area contributed by atoms with Crippen LogP contribution in [0.4, 0.5) is 0 Å². The fourth-order valence-electron chi connectivity index (χ4n) is 1.32. The van der Waals surface area contributed by atoms with Crippen LogP contribution in [0.25, 0.3) is 0 Å². The van der Waals surface area contributed by atoms with Crippen molar-refractivity contribution in [1.82, 2.24) is 0 Å². The van der Waals surface area contributed by atoms with Gasteiger partial charge in [-0.1, -0.05) is 0 Å². The van der Waals surface area contributed by atoms with Crippen molar-refractivity contribution in [3.05, 3.63) is 0 Å². The van der Waals surface area contributed by atoms with Gasteiger partial charge in [0.25, 0.3) is 0 Å². The van der Waals surface area contributed by atoms with E-state index in [9.17, 15) is 9.59 Å². The molecule has 2 atom stereocenters. The van der Waals surface area contributed by atoms with Crippen LogP contribution in [0.1, 0.15) is 32.6 Å². The highest BCUT2D eigenvalue weighted by Gasteiger charge is 2.26. The van der Waals surface area contributed by atoms with E-state index in [1.54, 1.807) is 6.92 Å². The largest absolute Gasteiger partial charge is 0.453 e. The van der Waals surface area contributed by atoms with Crippen LogP contribution in [0, 0.1) is 0 Å². The molecule has 0 spiro atoms. The molecular weight excluding hydrogens is 170 g/mol. The summed E-state index contributed by atoms with van der Waals surface area (Å²) in [6, 6.07) is -0.644. The molecule has 1 rings (SSSR count). The minimum absolute atomic E-state index is 0.0280. The van der Waals surface area contributed by atoms with E-state index in [2.05, 4.69) is 0 Å². The van der Waals surface area contributed by atoms with Gasteiger partial charge in [0.2, 0.25) is 0 Å². The van der Waals surface area contributed by atoms with E-state index in [0.29, 0.717) is 12.8 Å². The van der Waals surface area contributed by atoms with Gasteiger partial charge in [-0.3, -0.25) is 9.59 Å². The molecule has 1 aliphatic rings. The van der Waals surface area contributed by atoms with E-state index in [-0.39, 0.29) is 5.78 Å². The van der Waals surface area contributed by atoms with Crippen molar-refractivity contribution in [2.24, 2.45) is 5.73 Å². The number of Topliss-reactive ketones (excluding diaryl/α,β-unsaturated/α-hetero) is 1. The first-order chi connectivity index (χ1) is 6.11. The summed E-state index contributed by atoms with van der Waals surface area (Å²) in [5.74, 6) is -0.458. The van der Waals surface area contributed by atoms with Crippen LogP contribution in [0.2, 0.25) is 0 Å². The van der Waals surface area contributed by atoms with Crippen molar-refractivity contribution in [3.8, 4) is 0 Å². The highest BCUT2D eigenvalue weighted by Crippen LogP contribution is 2.17. The van der Waals surface area contributed by atoms with Gasteiger partial charge in [-0.15, -0.1) is 0 Å². The Morgan fingerprint density at radius 1 is 1.62 bits per heavy atom. The van der Waals surface area contributed by atoms with Gasteiger partial charge in [0, 0.05) is 6.42 Å². The molecule has 4 heteroatoms. The topological polar surface area (TPSA) is 69.4 Å². The van der Waals surface area contributed by atoms with Crippen LogP contribution in [-0.2, 0) is 14.3 Å². The summed E-state index contributed by atoms with van der Waals surface area (Å²) < 4.78 is 4.95. The van der Waals surface area contributed by atoms with Crippen molar-refractivity contribution >= 4 is 11.8 Å². The third kappa shape index (κ3) is 2.81. The molecule has 1 fully saturated rings. The van der Waals surface area contributed by atoms with Gasteiger partial charge >= 0.3 is 5.97 Å². The molecule has 1 saturated carbocycles. The van der Waals surface area contributed by atoms with Gasteiger partial charge in [-0.2, -0.15) is 0 Å². The summed E-state index contributed by atoms with van der Waals surface area (Å²) in [6.45, 7) is 1.55. The zero-order chi connectivity index (χ0) is 9.84. The second kappa shape index (κ2) is 4.37. The predicted molar refractivity (Wildman–Crippen MR) is 47.0 cm³/mol. The molecule has 0 bridgehead atoms. The number of rotatable bonds is 2. The monoisotopic (exact) mass is 185 g/mol. The number of carbonyl (C=O) groups excluding carboxylic acids is 2. The second-order valence-electron chi connectivity index (χ2n) is 3.43. The first kappa shape index (κ1) is 10.2. The number of hydrogen-bond acceptors (Lipinski definition) is 4. The molecule has 1 unspecified atom stereocenters. The average molecular weight is 185 g/mol. The second-order valence-corrected chi connectivity index (χ2v) is 3.43. The van der Waals surface area contributed by atoms with E-state index in [4.69, 9.17) is 10.5 Å². The molecule has 13 heavy (non-hydrogen) atoms.